The molecule has 2 fully saturated rings. The molecular weight excluding hydrogens is 1010 g/mol. The molecule has 0 bridgehead atoms. The SMILES string of the molecule is CCCCCCCCCCCCCCCC(=O)OC1C(OC2OC(CO)C(O)C(O)C2OS(=O)(=O)O)OC(CO)C(O)C1OC(=O)C(C)CC(C)CC(C)CC(C)CC(C)C(O)CCCCCCCCCCCCCCC. The lowest BCUT2D eigenvalue weighted by atomic mass is 9.82. The van der Waals surface area contributed by atoms with Gasteiger partial charge in [-0.3, -0.25) is 14.1 Å². The third-order valence-corrected chi connectivity index (χ3v) is 16.4. The first-order valence-corrected chi connectivity index (χ1v) is 32.1. The third kappa shape index (κ3) is 30.4. The number of aliphatic hydroxyl groups excluding tert-OH is 6. The summed E-state index contributed by atoms with van der Waals surface area (Å²) in [5, 5.41) is 64.1. The monoisotopic (exact) mass is 1120 g/mol. The zero-order chi connectivity index (χ0) is 57.2. The van der Waals surface area contributed by atoms with Crippen molar-refractivity contribution in [3.05, 3.63) is 0 Å². The van der Waals surface area contributed by atoms with Gasteiger partial charge >= 0.3 is 22.3 Å². The Balaban J connectivity index is 2.03. The average molecular weight is 1130 g/mol. The second-order valence-electron chi connectivity index (χ2n) is 23.6. The predicted molar refractivity (Wildman–Crippen MR) is 298 cm³/mol. The maximum Gasteiger partial charge on any atom is 0.397 e. The first-order chi connectivity index (χ1) is 36.8. The van der Waals surface area contributed by atoms with Crippen molar-refractivity contribution in [3.8, 4) is 0 Å². The second-order valence-corrected chi connectivity index (χ2v) is 24.7. The van der Waals surface area contributed by atoms with Crippen molar-refractivity contribution < 1.29 is 81.1 Å². The molecule has 456 valence electrons. The smallest absolute Gasteiger partial charge is 0.397 e. The number of rotatable bonds is 46. The number of esters is 2. The third-order valence-electron chi connectivity index (χ3n) is 15.9. The van der Waals surface area contributed by atoms with Crippen molar-refractivity contribution in [2.24, 2.45) is 29.6 Å². The molecule has 0 amide bonds. The van der Waals surface area contributed by atoms with Gasteiger partial charge < -0.3 is 54.3 Å². The average Bonchev–Trinajstić information content (AvgIpc) is 3.37. The van der Waals surface area contributed by atoms with Crippen LogP contribution in [0, 0.1) is 29.6 Å². The minimum atomic E-state index is -5.32. The molecule has 2 heterocycles. The summed E-state index contributed by atoms with van der Waals surface area (Å²) in [6.45, 7) is 13.1. The topological polar surface area (TPSA) is 265 Å². The molecule has 0 aromatic rings. The van der Waals surface area contributed by atoms with Gasteiger partial charge in [-0.1, -0.05) is 209 Å². The van der Waals surface area contributed by atoms with E-state index in [4.69, 9.17) is 23.7 Å². The highest BCUT2D eigenvalue weighted by molar-refractivity contribution is 7.80. The molecule has 16 atom stereocenters. The lowest BCUT2D eigenvalue weighted by Gasteiger charge is -2.46. The van der Waals surface area contributed by atoms with Crippen LogP contribution in [0.4, 0.5) is 0 Å². The standard InChI is InChI=1S/C59H112O17S/c1-8-10-12-14-16-18-20-22-24-26-28-30-32-34-47(62)45(6)38-43(4)36-42(3)37-44(5)39-46(7)57(67)74-54-52(65)49(41-61)72-59(75-58-55(76-77(68,69)70)53(66)51(64)48(40-60)71-58)56(54)73-50(63)35-33-31-29-27-25-23-21-19-17-15-13-11-9-2/h42-49,51-56,58-62,64-66H,8-41H2,1-7H3,(H,68,69,70). The van der Waals surface area contributed by atoms with Gasteiger partial charge in [0, 0.05) is 6.42 Å². The maximum absolute atomic E-state index is 14.0. The molecule has 0 aromatic heterocycles. The molecule has 2 aliphatic rings. The van der Waals surface area contributed by atoms with Gasteiger partial charge in [0.05, 0.1) is 25.2 Å². The van der Waals surface area contributed by atoms with E-state index in [9.17, 15) is 53.2 Å². The van der Waals surface area contributed by atoms with Crippen molar-refractivity contribution in [1.82, 2.24) is 0 Å². The molecular formula is C59H112O17S. The Bertz CT molecular complexity index is 1610. The van der Waals surface area contributed by atoms with Gasteiger partial charge in [0.25, 0.3) is 0 Å². The molecule has 77 heavy (non-hydrogen) atoms. The van der Waals surface area contributed by atoms with Crippen LogP contribution in [-0.2, 0) is 47.9 Å². The Kier molecular flexibility index (Phi) is 38.5. The van der Waals surface area contributed by atoms with Gasteiger partial charge in [-0.05, 0) is 62.2 Å². The van der Waals surface area contributed by atoms with Gasteiger partial charge in [0.1, 0.15) is 30.5 Å². The molecule has 0 aliphatic carbocycles. The van der Waals surface area contributed by atoms with Gasteiger partial charge in [-0.25, -0.2) is 4.18 Å². The van der Waals surface area contributed by atoms with Crippen LogP contribution in [0.25, 0.3) is 0 Å². The number of carbonyl (C=O) groups excluding carboxylic acids is 2. The van der Waals surface area contributed by atoms with E-state index >= 15 is 0 Å². The zero-order valence-electron chi connectivity index (χ0n) is 48.9. The van der Waals surface area contributed by atoms with E-state index in [0.717, 1.165) is 70.6 Å². The van der Waals surface area contributed by atoms with E-state index in [1.165, 1.54) is 116 Å². The summed E-state index contributed by atoms with van der Waals surface area (Å²) >= 11 is 0. The first-order valence-electron chi connectivity index (χ1n) is 30.7. The van der Waals surface area contributed by atoms with E-state index in [-0.39, 0.29) is 24.4 Å². The molecule has 17 nitrogen and oxygen atoms in total. The van der Waals surface area contributed by atoms with Crippen LogP contribution in [0.3, 0.4) is 0 Å². The van der Waals surface area contributed by atoms with Gasteiger partial charge in [0.15, 0.2) is 24.6 Å². The fraction of sp³-hybridized carbons (Fsp3) is 0.966. The Morgan fingerprint density at radius 2 is 0.909 bits per heavy atom. The Labute approximate surface area is 466 Å². The Hall–Kier alpha value is -1.55. The summed E-state index contributed by atoms with van der Waals surface area (Å²) in [5.74, 6) is -1.20. The number of unbranched alkanes of at least 4 members (excludes halogenated alkanes) is 24. The summed E-state index contributed by atoms with van der Waals surface area (Å²) in [6, 6.07) is 0. The number of hydrogen-bond donors (Lipinski definition) is 7. The van der Waals surface area contributed by atoms with Crippen LogP contribution in [-0.4, -0.2) is 136 Å². The van der Waals surface area contributed by atoms with E-state index in [1.807, 2.05) is 0 Å². The summed E-state index contributed by atoms with van der Waals surface area (Å²) < 4.78 is 67.1. The molecule has 2 rings (SSSR count). The van der Waals surface area contributed by atoms with Crippen LogP contribution < -0.4 is 0 Å². The molecule has 0 spiro atoms. The van der Waals surface area contributed by atoms with Crippen LogP contribution in [0.15, 0.2) is 0 Å². The summed E-state index contributed by atoms with van der Waals surface area (Å²) in [7, 11) is -5.32. The molecule has 18 heteroatoms. The lowest BCUT2D eigenvalue weighted by molar-refractivity contribution is -0.374. The van der Waals surface area contributed by atoms with E-state index in [0.29, 0.717) is 24.7 Å². The molecule has 7 N–H and O–H groups in total. The minimum absolute atomic E-state index is 0.0587. The van der Waals surface area contributed by atoms with Crippen LogP contribution in [0.1, 0.15) is 254 Å². The molecule has 0 saturated carbocycles. The molecule has 0 aromatic carbocycles. The van der Waals surface area contributed by atoms with E-state index in [1.54, 1.807) is 6.92 Å². The quantitative estimate of drug-likeness (QED) is 0.0170. The largest absolute Gasteiger partial charge is 0.455 e. The van der Waals surface area contributed by atoms with Crippen molar-refractivity contribution in [3.63, 3.8) is 0 Å². The number of ether oxygens (including phenoxy) is 5. The highest BCUT2D eigenvalue weighted by Crippen LogP contribution is 2.34. The Morgan fingerprint density at radius 3 is 1.36 bits per heavy atom. The van der Waals surface area contributed by atoms with Crippen molar-refractivity contribution in [2.75, 3.05) is 13.2 Å². The van der Waals surface area contributed by atoms with Crippen LogP contribution >= 0.6 is 0 Å². The predicted octanol–water partition coefficient (Wildman–Crippen LogP) is 10.6. The first kappa shape index (κ1) is 71.6. The van der Waals surface area contributed by atoms with E-state index < -0.39 is 103 Å². The Morgan fingerprint density at radius 1 is 0.506 bits per heavy atom. The highest BCUT2D eigenvalue weighted by atomic mass is 32.3. The van der Waals surface area contributed by atoms with Crippen molar-refractivity contribution >= 4 is 22.3 Å². The number of aliphatic hydroxyl groups is 6. The summed E-state index contributed by atoms with van der Waals surface area (Å²) in [5.41, 5.74) is 0. The number of carbonyl (C=O) groups is 2. The fourth-order valence-electron chi connectivity index (χ4n) is 11.5. The molecule has 2 saturated heterocycles. The zero-order valence-corrected chi connectivity index (χ0v) is 49.7. The number of hydrogen-bond acceptors (Lipinski definition) is 16. The van der Waals surface area contributed by atoms with Gasteiger partial charge in [-0.2, -0.15) is 8.42 Å². The van der Waals surface area contributed by atoms with Gasteiger partial charge in [0.2, 0.25) is 6.29 Å². The van der Waals surface area contributed by atoms with Crippen LogP contribution in [0.5, 0.6) is 0 Å². The summed E-state index contributed by atoms with van der Waals surface area (Å²) in [4.78, 5) is 27.6. The minimum Gasteiger partial charge on any atom is -0.455 e. The van der Waals surface area contributed by atoms with Crippen LogP contribution in [0.2, 0.25) is 0 Å². The maximum atomic E-state index is 14.0. The van der Waals surface area contributed by atoms with Crippen molar-refractivity contribution in [1.29, 1.82) is 0 Å². The van der Waals surface area contributed by atoms with E-state index in [2.05, 4.69) is 45.7 Å². The highest BCUT2D eigenvalue weighted by Gasteiger charge is 2.54. The lowest BCUT2D eigenvalue weighted by Crippen LogP contribution is -2.65. The second kappa shape index (κ2) is 41.4. The fourth-order valence-corrected chi connectivity index (χ4v) is 12.0. The molecule has 0 radical (unpaired) electrons. The summed E-state index contributed by atoms with van der Waals surface area (Å²) in [6.07, 6.45) is 16.3. The normalized spacial score (nSPS) is 26.4. The van der Waals surface area contributed by atoms with Crippen molar-refractivity contribution in [2.45, 2.75) is 321 Å². The molecule has 16 unspecified atom stereocenters. The van der Waals surface area contributed by atoms with Gasteiger partial charge in [-0.15, -0.1) is 0 Å². The molecule has 2 aliphatic heterocycles.